The Labute approximate surface area is 348 Å². The number of aryl methyl sites for hydroxylation is 8. The van der Waals surface area contributed by atoms with Gasteiger partial charge in [0.25, 0.3) is 0 Å². The minimum Gasteiger partial charge on any atom is -0.354 e. The maximum atomic E-state index is 5.59. The van der Waals surface area contributed by atoms with Crippen molar-refractivity contribution in [1.82, 2.24) is 19.9 Å². The predicted octanol–water partition coefficient (Wildman–Crippen LogP) is 14.4. The first-order valence-electron chi connectivity index (χ1n) is 19.6. The molecule has 9 rings (SSSR count). The van der Waals surface area contributed by atoms with Crippen molar-refractivity contribution in [3.8, 4) is 44.5 Å². The van der Waals surface area contributed by atoms with Gasteiger partial charge in [-0.25, -0.2) is 9.97 Å². The molecule has 57 heavy (non-hydrogen) atoms. The van der Waals surface area contributed by atoms with Gasteiger partial charge in [0.2, 0.25) is 0 Å². The van der Waals surface area contributed by atoms with E-state index >= 15 is 0 Å². The van der Waals surface area contributed by atoms with Crippen LogP contribution >= 0.6 is 22.6 Å². The Morgan fingerprint density at radius 3 is 1.21 bits per heavy atom. The Bertz CT molecular complexity index is 3000. The molecular formula is C52H45IN4. The van der Waals surface area contributed by atoms with Gasteiger partial charge in [-0.15, -0.1) is 0 Å². The number of hydrogen-bond acceptors (Lipinski definition) is 2. The summed E-state index contributed by atoms with van der Waals surface area (Å²) in [6.07, 6.45) is 8.76. The first-order valence-corrected chi connectivity index (χ1v) is 20.7. The van der Waals surface area contributed by atoms with E-state index in [9.17, 15) is 0 Å². The van der Waals surface area contributed by atoms with Crippen molar-refractivity contribution in [2.24, 2.45) is 0 Å². The van der Waals surface area contributed by atoms with E-state index in [1.807, 2.05) is 0 Å². The summed E-state index contributed by atoms with van der Waals surface area (Å²) in [6.45, 7) is 17.6. The SMILES string of the molecule is Cc1ccc(-c2c3nc(c(-c4ccc(I)cc4)c4ccc([nH]4)c(-c4c(C)cc(C)cc4C)c4nc(c(-c5c(C)cc(C)cc5C)c5ccc2[nH]5)C=C4)C=C3)c(C)c1. The lowest BCUT2D eigenvalue weighted by atomic mass is 9.92. The average molecular weight is 853 g/mol. The van der Waals surface area contributed by atoms with E-state index in [2.05, 4.69) is 203 Å². The van der Waals surface area contributed by atoms with Crippen LogP contribution in [0.15, 0.2) is 91.0 Å². The largest absolute Gasteiger partial charge is 0.354 e. The Morgan fingerprint density at radius 1 is 0.368 bits per heavy atom. The molecule has 2 aliphatic rings. The van der Waals surface area contributed by atoms with Crippen LogP contribution in [0.2, 0.25) is 0 Å². The molecule has 2 aliphatic heterocycles. The molecule has 5 heterocycles. The number of fused-ring (bicyclic) bond motifs is 8. The number of benzene rings is 4. The second-order valence-corrected chi connectivity index (χ2v) is 17.1. The lowest BCUT2D eigenvalue weighted by molar-refractivity contribution is 1.27. The summed E-state index contributed by atoms with van der Waals surface area (Å²) in [4.78, 5) is 19.0. The van der Waals surface area contributed by atoms with Gasteiger partial charge in [0.05, 0.1) is 22.8 Å². The molecule has 0 spiro atoms. The van der Waals surface area contributed by atoms with Crippen LogP contribution in [0.5, 0.6) is 0 Å². The lowest BCUT2D eigenvalue weighted by Crippen LogP contribution is -1.95. The van der Waals surface area contributed by atoms with Gasteiger partial charge in [0.15, 0.2) is 0 Å². The van der Waals surface area contributed by atoms with Crippen LogP contribution in [0.3, 0.4) is 0 Å². The highest BCUT2D eigenvalue weighted by atomic mass is 127. The highest BCUT2D eigenvalue weighted by Gasteiger charge is 2.22. The third-order valence-electron chi connectivity index (χ3n) is 11.4. The summed E-state index contributed by atoms with van der Waals surface area (Å²) in [6, 6.07) is 33.4. The molecule has 0 amide bonds. The molecule has 5 heteroatoms. The third kappa shape index (κ3) is 6.58. The Hall–Kier alpha value is -5.79. The molecule has 0 saturated heterocycles. The van der Waals surface area contributed by atoms with E-state index in [0.29, 0.717) is 0 Å². The summed E-state index contributed by atoms with van der Waals surface area (Å²) < 4.78 is 1.19. The van der Waals surface area contributed by atoms with Crippen molar-refractivity contribution in [1.29, 1.82) is 0 Å². The van der Waals surface area contributed by atoms with Gasteiger partial charge < -0.3 is 9.97 Å². The van der Waals surface area contributed by atoms with Gasteiger partial charge in [-0.2, -0.15) is 0 Å². The molecule has 8 bridgehead atoms. The molecule has 2 N–H and O–H groups in total. The number of halogens is 1. The van der Waals surface area contributed by atoms with Gasteiger partial charge in [-0.1, -0.05) is 71.3 Å². The second-order valence-electron chi connectivity index (χ2n) is 15.9. The topological polar surface area (TPSA) is 57.4 Å². The minimum atomic E-state index is 0.914. The van der Waals surface area contributed by atoms with Crippen molar-refractivity contribution in [3.63, 3.8) is 0 Å². The quantitative estimate of drug-likeness (QED) is 0.173. The second kappa shape index (κ2) is 14.3. The number of nitrogens with one attached hydrogen (secondary N) is 2. The molecular weight excluding hydrogens is 808 g/mol. The molecule has 0 atom stereocenters. The van der Waals surface area contributed by atoms with Gasteiger partial charge in [-0.05, 0) is 189 Å². The molecule has 3 aromatic heterocycles. The monoisotopic (exact) mass is 852 g/mol. The molecule has 0 fully saturated rings. The zero-order valence-electron chi connectivity index (χ0n) is 33.7. The van der Waals surface area contributed by atoms with Gasteiger partial charge in [0.1, 0.15) is 0 Å². The van der Waals surface area contributed by atoms with Crippen molar-refractivity contribution in [2.45, 2.75) is 55.4 Å². The van der Waals surface area contributed by atoms with Crippen molar-refractivity contribution < 1.29 is 0 Å². The first kappa shape index (κ1) is 36.8. The van der Waals surface area contributed by atoms with E-state index < -0.39 is 0 Å². The number of rotatable bonds is 4. The summed E-state index contributed by atoms with van der Waals surface area (Å²) in [7, 11) is 0. The molecule has 4 nitrogen and oxygen atoms in total. The summed E-state index contributed by atoms with van der Waals surface area (Å²) >= 11 is 2.38. The zero-order chi connectivity index (χ0) is 39.7. The van der Waals surface area contributed by atoms with Crippen LogP contribution in [0.25, 0.3) is 90.9 Å². The first-order chi connectivity index (χ1) is 27.4. The predicted molar refractivity (Wildman–Crippen MR) is 251 cm³/mol. The van der Waals surface area contributed by atoms with E-state index in [1.54, 1.807) is 0 Å². The molecule has 0 radical (unpaired) electrons. The highest BCUT2D eigenvalue weighted by molar-refractivity contribution is 14.1. The molecule has 7 aromatic rings. The number of aromatic amines is 2. The van der Waals surface area contributed by atoms with E-state index in [1.165, 1.54) is 59.2 Å². The van der Waals surface area contributed by atoms with Crippen molar-refractivity contribution in [3.05, 3.63) is 162 Å². The van der Waals surface area contributed by atoms with Crippen LogP contribution in [0.1, 0.15) is 67.3 Å². The maximum Gasteiger partial charge on any atom is 0.0737 e. The van der Waals surface area contributed by atoms with Crippen molar-refractivity contribution >= 4 is 69.0 Å². The van der Waals surface area contributed by atoms with Gasteiger partial charge in [-0.3, -0.25) is 0 Å². The van der Waals surface area contributed by atoms with Gasteiger partial charge in [0, 0.05) is 47.9 Å². The van der Waals surface area contributed by atoms with Crippen LogP contribution in [-0.2, 0) is 0 Å². The number of H-pyrrole nitrogens is 2. The van der Waals surface area contributed by atoms with Crippen LogP contribution in [-0.4, -0.2) is 19.9 Å². The molecule has 0 saturated carbocycles. The summed E-state index contributed by atoms with van der Waals surface area (Å²) in [5, 5.41) is 0. The fraction of sp³-hybridized carbons (Fsp3) is 0.154. The van der Waals surface area contributed by atoms with E-state index in [4.69, 9.17) is 9.97 Å². The van der Waals surface area contributed by atoms with Crippen LogP contribution in [0, 0.1) is 59.0 Å². The third-order valence-corrected chi connectivity index (χ3v) is 12.1. The minimum absolute atomic E-state index is 0.914. The fourth-order valence-electron chi connectivity index (χ4n) is 9.18. The summed E-state index contributed by atoms with van der Waals surface area (Å²) in [5.74, 6) is 0. The number of nitrogens with zero attached hydrogens (tertiary/aromatic N) is 2. The summed E-state index contributed by atoms with van der Waals surface area (Å²) in [5.41, 5.74) is 26.5. The van der Waals surface area contributed by atoms with Crippen molar-refractivity contribution in [2.75, 3.05) is 0 Å². The van der Waals surface area contributed by atoms with Gasteiger partial charge >= 0.3 is 0 Å². The smallest absolute Gasteiger partial charge is 0.0737 e. The molecule has 4 aromatic carbocycles. The van der Waals surface area contributed by atoms with Crippen LogP contribution in [0.4, 0.5) is 0 Å². The Morgan fingerprint density at radius 2 is 0.754 bits per heavy atom. The standard InChI is InChI=1S/C52H45IN4/c1-28-9-14-38(31(4)23-28)50-41-17-15-39(54-41)49(36-10-12-37(53)13-11-36)40-16-19-43(55-40)51(47-32(5)24-29(2)25-33(47)6)45-21-22-46(57-45)52(44-20-18-42(50)56-44)48-34(7)26-30(3)27-35(48)8/h9-27,55-56H,1-8H3. The normalized spacial score (nSPS) is 12.2. The average Bonchev–Trinajstić information content (AvgIpc) is 3.99. The molecule has 280 valence electrons. The Kier molecular flexibility index (Phi) is 9.24. The number of hydrogen-bond donors (Lipinski definition) is 2. The van der Waals surface area contributed by atoms with Crippen LogP contribution < -0.4 is 0 Å². The van der Waals surface area contributed by atoms with E-state index in [0.717, 1.165) is 78.2 Å². The zero-order valence-corrected chi connectivity index (χ0v) is 35.9. The maximum absolute atomic E-state index is 5.59. The molecule has 0 unspecified atom stereocenters. The van der Waals surface area contributed by atoms with E-state index in [-0.39, 0.29) is 0 Å². The highest BCUT2D eigenvalue weighted by Crippen LogP contribution is 2.41. The lowest BCUT2D eigenvalue weighted by Gasteiger charge is -2.14. The fourth-order valence-corrected chi connectivity index (χ4v) is 9.54. The Balaban J connectivity index is 1.52. The number of aromatic nitrogens is 4. The molecule has 0 aliphatic carbocycles.